The van der Waals surface area contributed by atoms with E-state index in [0.29, 0.717) is 17.9 Å². The van der Waals surface area contributed by atoms with Crippen LogP contribution in [0, 0.1) is 6.92 Å². The summed E-state index contributed by atoms with van der Waals surface area (Å²) in [6.45, 7) is 2.08. The highest BCUT2D eigenvalue weighted by Gasteiger charge is 2.10. The molecule has 0 saturated carbocycles. The Hall–Kier alpha value is -1.88. The van der Waals surface area contributed by atoms with E-state index in [1.165, 1.54) is 0 Å². The van der Waals surface area contributed by atoms with Crippen molar-refractivity contribution < 1.29 is 14.6 Å². The number of aromatic carboxylic acids is 1. The van der Waals surface area contributed by atoms with Crippen molar-refractivity contribution in [2.45, 2.75) is 13.5 Å². The first-order valence-corrected chi connectivity index (χ1v) is 6.42. The number of carboxylic acids is 1. The van der Waals surface area contributed by atoms with Crippen LogP contribution in [0.25, 0.3) is 0 Å². The van der Waals surface area contributed by atoms with Gasteiger partial charge in [-0.1, -0.05) is 6.07 Å². The number of ether oxygens (including phenoxy) is 1. The first-order valence-electron chi connectivity index (χ1n) is 5.63. The van der Waals surface area contributed by atoms with Crippen LogP contribution in [-0.4, -0.2) is 16.1 Å². The number of pyridine rings is 1. The lowest BCUT2D eigenvalue weighted by Crippen LogP contribution is -2.03. The number of nitrogens with zero attached hydrogens (tertiary/aromatic N) is 1. The van der Waals surface area contributed by atoms with Gasteiger partial charge in [-0.05, 0) is 41.1 Å². The van der Waals surface area contributed by atoms with Gasteiger partial charge in [0.2, 0.25) is 0 Å². The van der Waals surface area contributed by atoms with Gasteiger partial charge in [-0.2, -0.15) is 0 Å². The fraction of sp³-hybridized carbons (Fsp3) is 0.143. The molecule has 0 bridgehead atoms. The maximum Gasteiger partial charge on any atom is 0.336 e. The molecule has 0 amide bonds. The number of carboxylic acid groups (broad SMARTS) is 1. The molecule has 0 aliphatic carbocycles. The van der Waals surface area contributed by atoms with E-state index in [1.54, 1.807) is 37.5 Å². The molecule has 0 fully saturated rings. The number of halogens is 1. The lowest BCUT2D eigenvalue weighted by Gasteiger charge is -2.10. The van der Waals surface area contributed by atoms with Crippen LogP contribution >= 0.6 is 15.9 Å². The molecule has 2 aromatic rings. The smallest absolute Gasteiger partial charge is 0.336 e. The van der Waals surface area contributed by atoms with Crippen molar-refractivity contribution in [1.29, 1.82) is 0 Å². The molecule has 98 valence electrons. The molecule has 0 spiro atoms. The molecule has 0 aliphatic heterocycles. The summed E-state index contributed by atoms with van der Waals surface area (Å²) < 4.78 is 6.52. The van der Waals surface area contributed by atoms with Crippen LogP contribution in [0.15, 0.2) is 41.1 Å². The predicted octanol–water partition coefficient (Wildman–Crippen LogP) is 3.43. The van der Waals surface area contributed by atoms with E-state index >= 15 is 0 Å². The molecule has 0 saturated heterocycles. The minimum Gasteiger partial charge on any atom is -0.489 e. The van der Waals surface area contributed by atoms with Crippen LogP contribution in [0.2, 0.25) is 0 Å². The average molecular weight is 322 g/mol. The van der Waals surface area contributed by atoms with Crippen molar-refractivity contribution in [2.24, 2.45) is 0 Å². The largest absolute Gasteiger partial charge is 0.489 e. The van der Waals surface area contributed by atoms with Gasteiger partial charge in [-0.25, -0.2) is 4.79 Å². The summed E-state index contributed by atoms with van der Waals surface area (Å²) in [5.74, 6) is -0.382. The molecular formula is C14H12BrNO3. The summed E-state index contributed by atoms with van der Waals surface area (Å²) in [6, 6.07) is 6.90. The number of hydrogen-bond donors (Lipinski definition) is 1. The normalized spacial score (nSPS) is 10.2. The molecule has 0 atom stereocenters. The van der Waals surface area contributed by atoms with Crippen LogP contribution in [0.3, 0.4) is 0 Å². The summed E-state index contributed by atoms with van der Waals surface area (Å²) in [5, 5.41) is 9.04. The Morgan fingerprint density at radius 1 is 1.42 bits per heavy atom. The maximum atomic E-state index is 11.0. The van der Waals surface area contributed by atoms with Crippen LogP contribution in [0.1, 0.15) is 21.5 Å². The molecule has 2 rings (SSSR count). The maximum absolute atomic E-state index is 11.0. The third-order valence-electron chi connectivity index (χ3n) is 2.67. The summed E-state index contributed by atoms with van der Waals surface area (Å²) in [6.07, 6.45) is 3.40. The summed E-state index contributed by atoms with van der Waals surface area (Å²) in [5.41, 5.74) is 1.79. The Bertz CT molecular complexity index is 613. The monoisotopic (exact) mass is 321 g/mol. The number of benzene rings is 1. The average Bonchev–Trinajstić information content (AvgIpc) is 2.37. The Kier molecular flexibility index (Phi) is 4.16. The molecule has 1 aromatic carbocycles. The van der Waals surface area contributed by atoms with Gasteiger partial charge in [0.1, 0.15) is 12.4 Å². The quantitative estimate of drug-likeness (QED) is 0.937. The SMILES string of the molecule is Cc1c(OCc2cncc(Br)c2)cccc1C(=O)O. The van der Waals surface area contributed by atoms with Crippen LogP contribution in [0.4, 0.5) is 0 Å². The second kappa shape index (κ2) is 5.84. The molecule has 5 heteroatoms. The molecule has 1 aromatic heterocycles. The van der Waals surface area contributed by atoms with E-state index in [0.717, 1.165) is 10.0 Å². The minimum absolute atomic E-state index is 0.255. The van der Waals surface area contributed by atoms with Gasteiger partial charge in [0.15, 0.2) is 0 Å². The Balaban J connectivity index is 2.16. The van der Waals surface area contributed by atoms with Gasteiger partial charge in [0, 0.05) is 28.0 Å². The molecule has 0 unspecified atom stereocenters. The molecular weight excluding hydrogens is 310 g/mol. The lowest BCUT2D eigenvalue weighted by atomic mass is 10.1. The highest BCUT2D eigenvalue weighted by Crippen LogP contribution is 2.22. The number of rotatable bonds is 4. The second-order valence-electron chi connectivity index (χ2n) is 4.03. The zero-order valence-electron chi connectivity index (χ0n) is 10.3. The van der Waals surface area contributed by atoms with Crippen LogP contribution in [0.5, 0.6) is 5.75 Å². The summed E-state index contributed by atoms with van der Waals surface area (Å²) in [7, 11) is 0. The van der Waals surface area contributed by atoms with E-state index in [9.17, 15) is 4.79 Å². The molecule has 0 aliphatic rings. The third kappa shape index (κ3) is 3.32. The van der Waals surface area contributed by atoms with Crippen molar-refractivity contribution >= 4 is 21.9 Å². The van der Waals surface area contributed by atoms with Crippen molar-refractivity contribution in [1.82, 2.24) is 4.98 Å². The number of hydrogen-bond acceptors (Lipinski definition) is 3. The van der Waals surface area contributed by atoms with Crippen molar-refractivity contribution in [2.75, 3.05) is 0 Å². The highest BCUT2D eigenvalue weighted by atomic mass is 79.9. The minimum atomic E-state index is -0.952. The van der Waals surface area contributed by atoms with Crippen molar-refractivity contribution in [3.8, 4) is 5.75 Å². The highest BCUT2D eigenvalue weighted by molar-refractivity contribution is 9.10. The van der Waals surface area contributed by atoms with Crippen molar-refractivity contribution in [3.05, 3.63) is 57.8 Å². The van der Waals surface area contributed by atoms with E-state index < -0.39 is 5.97 Å². The van der Waals surface area contributed by atoms with Crippen LogP contribution < -0.4 is 4.74 Å². The van der Waals surface area contributed by atoms with Gasteiger partial charge >= 0.3 is 5.97 Å². The molecule has 0 radical (unpaired) electrons. The summed E-state index contributed by atoms with van der Waals surface area (Å²) >= 11 is 3.34. The van der Waals surface area contributed by atoms with E-state index in [4.69, 9.17) is 9.84 Å². The Labute approximate surface area is 119 Å². The second-order valence-corrected chi connectivity index (χ2v) is 4.95. The van der Waals surface area contributed by atoms with Gasteiger partial charge in [-0.15, -0.1) is 0 Å². The fourth-order valence-corrected chi connectivity index (χ4v) is 2.11. The van der Waals surface area contributed by atoms with Crippen molar-refractivity contribution in [3.63, 3.8) is 0 Å². The van der Waals surface area contributed by atoms with Gasteiger partial charge < -0.3 is 9.84 Å². The fourth-order valence-electron chi connectivity index (χ4n) is 1.70. The van der Waals surface area contributed by atoms with E-state index in [-0.39, 0.29) is 5.56 Å². The Morgan fingerprint density at radius 2 is 2.21 bits per heavy atom. The molecule has 1 N–H and O–H groups in total. The zero-order valence-corrected chi connectivity index (χ0v) is 11.8. The van der Waals surface area contributed by atoms with Crippen LogP contribution in [-0.2, 0) is 6.61 Å². The lowest BCUT2D eigenvalue weighted by molar-refractivity contribution is 0.0695. The molecule has 4 nitrogen and oxygen atoms in total. The zero-order chi connectivity index (χ0) is 13.8. The first kappa shape index (κ1) is 13.5. The van der Waals surface area contributed by atoms with Gasteiger partial charge in [-0.3, -0.25) is 4.98 Å². The number of aromatic nitrogens is 1. The Morgan fingerprint density at radius 3 is 2.89 bits per heavy atom. The topological polar surface area (TPSA) is 59.4 Å². The predicted molar refractivity (Wildman–Crippen MR) is 74.4 cm³/mol. The van der Waals surface area contributed by atoms with Gasteiger partial charge in [0.25, 0.3) is 0 Å². The standard InChI is InChI=1S/C14H12BrNO3/c1-9-12(14(17)18)3-2-4-13(9)19-8-10-5-11(15)7-16-6-10/h2-7H,8H2,1H3,(H,17,18). The van der Waals surface area contributed by atoms with E-state index in [1.807, 2.05) is 6.07 Å². The van der Waals surface area contributed by atoms with Gasteiger partial charge in [0.05, 0.1) is 5.56 Å². The third-order valence-corrected chi connectivity index (χ3v) is 3.10. The molecule has 1 heterocycles. The molecule has 19 heavy (non-hydrogen) atoms. The summed E-state index contributed by atoms with van der Waals surface area (Å²) in [4.78, 5) is 15.1. The van der Waals surface area contributed by atoms with E-state index in [2.05, 4.69) is 20.9 Å². The first-order chi connectivity index (χ1) is 9.08. The number of carbonyl (C=O) groups is 1.